The molecule has 118 valence electrons. The molecule has 0 atom stereocenters. The number of rotatable bonds is 3. The Labute approximate surface area is 139 Å². The van der Waals surface area contributed by atoms with Gasteiger partial charge in [-0.1, -0.05) is 32.9 Å². The van der Waals surface area contributed by atoms with Crippen molar-refractivity contribution in [1.82, 2.24) is 4.98 Å². The fourth-order valence-electron chi connectivity index (χ4n) is 2.14. The van der Waals surface area contributed by atoms with Crippen molar-refractivity contribution in [2.45, 2.75) is 26.2 Å². The van der Waals surface area contributed by atoms with Crippen LogP contribution < -0.4 is 5.32 Å². The van der Waals surface area contributed by atoms with Gasteiger partial charge in [0.05, 0.1) is 6.26 Å². The first-order valence-electron chi connectivity index (χ1n) is 7.35. The van der Waals surface area contributed by atoms with E-state index in [0.717, 1.165) is 5.69 Å². The third-order valence-corrected chi connectivity index (χ3v) is 4.33. The number of benzene rings is 1. The van der Waals surface area contributed by atoms with Crippen LogP contribution in [0.25, 0.3) is 10.8 Å². The van der Waals surface area contributed by atoms with E-state index in [-0.39, 0.29) is 11.3 Å². The summed E-state index contributed by atoms with van der Waals surface area (Å²) in [5.74, 6) is 0.450. The molecule has 3 rings (SSSR count). The van der Waals surface area contributed by atoms with Crippen LogP contribution in [0.4, 0.5) is 5.69 Å². The van der Waals surface area contributed by atoms with Gasteiger partial charge < -0.3 is 9.73 Å². The molecular weight excluding hydrogens is 308 g/mol. The number of thiazole rings is 1. The van der Waals surface area contributed by atoms with Crippen molar-refractivity contribution in [3.63, 3.8) is 0 Å². The lowest BCUT2D eigenvalue weighted by Crippen LogP contribution is -2.13. The summed E-state index contributed by atoms with van der Waals surface area (Å²) in [5, 5.41) is 5.30. The van der Waals surface area contributed by atoms with Crippen LogP contribution in [0.3, 0.4) is 0 Å². The maximum atomic E-state index is 12.3. The minimum absolute atomic E-state index is 0.0927. The van der Waals surface area contributed by atoms with Crippen LogP contribution in [0, 0.1) is 0 Å². The Morgan fingerprint density at radius 1 is 1.17 bits per heavy atom. The normalized spacial score (nSPS) is 11.4. The average Bonchev–Trinajstić information content (AvgIpc) is 3.18. The van der Waals surface area contributed by atoms with Crippen LogP contribution >= 0.6 is 11.3 Å². The quantitative estimate of drug-likeness (QED) is 0.740. The van der Waals surface area contributed by atoms with Gasteiger partial charge in [-0.3, -0.25) is 4.79 Å². The van der Waals surface area contributed by atoms with Crippen molar-refractivity contribution < 1.29 is 9.21 Å². The summed E-state index contributed by atoms with van der Waals surface area (Å²) in [6.45, 7) is 6.48. The summed E-state index contributed by atoms with van der Waals surface area (Å²) in [7, 11) is 0. The molecule has 0 unspecified atom stereocenters. The Bertz CT molecular complexity index is 796. The second kappa shape index (κ2) is 6.01. The van der Waals surface area contributed by atoms with E-state index in [4.69, 9.17) is 4.42 Å². The summed E-state index contributed by atoms with van der Waals surface area (Å²) in [4.78, 5) is 16.6. The number of furan rings is 1. The maximum Gasteiger partial charge on any atom is 0.275 e. The molecule has 0 fully saturated rings. The molecule has 3 aromatic rings. The molecule has 2 heterocycles. The third-order valence-electron chi connectivity index (χ3n) is 3.48. The standard InChI is InChI=1S/C18H18N2O2S/c1-18(2,3)12-6-8-13(9-7-12)19-16(21)14-11-23-17(20-14)15-5-4-10-22-15/h4-11H,1-3H3,(H,19,21). The van der Waals surface area contributed by atoms with Crippen LogP contribution in [0.15, 0.2) is 52.5 Å². The van der Waals surface area contributed by atoms with E-state index < -0.39 is 0 Å². The molecule has 0 aliphatic heterocycles. The number of amides is 1. The summed E-state index contributed by atoms with van der Waals surface area (Å²) < 4.78 is 5.29. The van der Waals surface area contributed by atoms with Crippen molar-refractivity contribution in [1.29, 1.82) is 0 Å². The highest BCUT2D eigenvalue weighted by Gasteiger charge is 2.15. The topological polar surface area (TPSA) is 55.1 Å². The molecule has 0 bridgehead atoms. The molecule has 0 saturated carbocycles. The molecule has 1 N–H and O–H groups in total. The van der Waals surface area contributed by atoms with Crippen LogP contribution in [-0.2, 0) is 5.41 Å². The van der Waals surface area contributed by atoms with E-state index in [2.05, 4.69) is 31.1 Å². The van der Waals surface area contributed by atoms with Gasteiger partial charge in [0.25, 0.3) is 5.91 Å². The van der Waals surface area contributed by atoms with Gasteiger partial charge in [0.2, 0.25) is 0 Å². The number of carbonyl (C=O) groups is 1. The number of hydrogen-bond donors (Lipinski definition) is 1. The zero-order valence-corrected chi connectivity index (χ0v) is 14.1. The number of nitrogens with one attached hydrogen (secondary N) is 1. The number of nitrogens with zero attached hydrogens (tertiary/aromatic N) is 1. The van der Waals surface area contributed by atoms with Crippen molar-refractivity contribution >= 4 is 22.9 Å². The molecule has 0 spiro atoms. The monoisotopic (exact) mass is 326 g/mol. The number of carbonyl (C=O) groups excluding carboxylic acids is 1. The molecule has 1 amide bonds. The smallest absolute Gasteiger partial charge is 0.275 e. The lowest BCUT2D eigenvalue weighted by molar-refractivity contribution is 0.102. The number of hydrogen-bond acceptors (Lipinski definition) is 4. The predicted molar refractivity (Wildman–Crippen MR) is 92.9 cm³/mol. The first-order valence-corrected chi connectivity index (χ1v) is 8.23. The summed E-state index contributed by atoms with van der Waals surface area (Å²) in [5.41, 5.74) is 2.47. The van der Waals surface area contributed by atoms with E-state index in [1.807, 2.05) is 30.3 Å². The summed E-state index contributed by atoms with van der Waals surface area (Å²) in [6.07, 6.45) is 1.59. The van der Waals surface area contributed by atoms with Gasteiger partial charge in [-0.15, -0.1) is 11.3 Å². The molecule has 5 heteroatoms. The van der Waals surface area contributed by atoms with Gasteiger partial charge in [-0.25, -0.2) is 4.98 Å². The first-order chi connectivity index (χ1) is 10.9. The molecule has 2 aromatic heterocycles. The molecule has 23 heavy (non-hydrogen) atoms. The van der Waals surface area contributed by atoms with Crippen molar-refractivity contribution in [2.24, 2.45) is 0 Å². The predicted octanol–water partition coefficient (Wildman–Crippen LogP) is 4.95. The van der Waals surface area contributed by atoms with Gasteiger partial charge in [-0.05, 0) is 35.2 Å². The van der Waals surface area contributed by atoms with Crippen LogP contribution in [-0.4, -0.2) is 10.9 Å². The average molecular weight is 326 g/mol. The lowest BCUT2D eigenvalue weighted by atomic mass is 9.87. The van der Waals surface area contributed by atoms with E-state index >= 15 is 0 Å². The molecule has 0 aliphatic carbocycles. The second-order valence-corrected chi connectivity index (χ2v) is 7.15. The molecule has 0 aliphatic rings. The van der Waals surface area contributed by atoms with Crippen LogP contribution in [0.2, 0.25) is 0 Å². The molecule has 0 radical (unpaired) electrons. The largest absolute Gasteiger partial charge is 0.462 e. The SMILES string of the molecule is CC(C)(C)c1ccc(NC(=O)c2csc(-c3ccco3)n2)cc1. The Kier molecular flexibility index (Phi) is 4.05. The molecule has 0 saturated heterocycles. The highest BCUT2D eigenvalue weighted by Crippen LogP contribution is 2.25. The first kappa shape index (κ1) is 15.5. The van der Waals surface area contributed by atoms with Crippen molar-refractivity contribution in [2.75, 3.05) is 5.32 Å². The minimum Gasteiger partial charge on any atom is -0.462 e. The van der Waals surface area contributed by atoms with Gasteiger partial charge in [-0.2, -0.15) is 0 Å². The zero-order valence-electron chi connectivity index (χ0n) is 13.3. The number of anilines is 1. The van der Waals surface area contributed by atoms with E-state index in [9.17, 15) is 4.79 Å². The highest BCUT2D eigenvalue weighted by atomic mass is 32.1. The fourth-order valence-corrected chi connectivity index (χ4v) is 2.91. The van der Waals surface area contributed by atoms with E-state index in [1.165, 1.54) is 16.9 Å². The van der Waals surface area contributed by atoms with Crippen LogP contribution in [0.5, 0.6) is 0 Å². The Balaban J connectivity index is 1.72. The lowest BCUT2D eigenvalue weighted by Gasteiger charge is -2.19. The molecule has 4 nitrogen and oxygen atoms in total. The third kappa shape index (κ3) is 3.51. The van der Waals surface area contributed by atoms with Gasteiger partial charge in [0.1, 0.15) is 5.69 Å². The van der Waals surface area contributed by atoms with Crippen molar-refractivity contribution in [3.8, 4) is 10.8 Å². The van der Waals surface area contributed by atoms with E-state index in [0.29, 0.717) is 16.5 Å². The van der Waals surface area contributed by atoms with Gasteiger partial charge in [0, 0.05) is 11.1 Å². The fraction of sp³-hybridized carbons (Fsp3) is 0.222. The number of aromatic nitrogens is 1. The zero-order chi connectivity index (χ0) is 16.4. The maximum absolute atomic E-state index is 12.3. The molecular formula is C18H18N2O2S. The Morgan fingerprint density at radius 3 is 2.52 bits per heavy atom. The minimum atomic E-state index is -0.220. The van der Waals surface area contributed by atoms with Crippen LogP contribution in [0.1, 0.15) is 36.8 Å². The van der Waals surface area contributed by atoms with Gasteiger partial charge in [0.15, 0.2) is 10.8 Å². The highest BCUT2D eigenvalue weighted by molar-refractivity contribution is 7.13. The summed E-state index contributed by atoms with van der Waals surface area (Å²) >= 11 is 1.39. The Hall–Kier alpha value is -2.40. The second-order valence-electron chi connectivity index (χ2n) is 6.30. The van der Waals surface area contributed by atoms with Gasteiger partial charge >= 0.3 is 0 Å². The molecule has 1 aromatic carbocycles. The Morgan fingerprint density at radius 2 is 1.91 bits per heavy atom. The van der Waals surface area contributed by atoms with Crippen molar-refractivity contribution in [3.05, 3.63) is 59.3 Å². The van der Waals surface area contributed by atoms with E-state index in [1.54, 1.807) is 17.7 Å². The summed E-state index contributed by atoms with van der Waals surface area (Å²) in [6, 6.07) is 11.5.